The molecule has 1 rings (SSSR count). The summed E-state index contributed by atoms with van der Waals surface area (Å²) in [5.41, 5.74) is 11.5. The van der Waals surface area contributed by atoms with Crippen LogP contribution in [0.5, 0.6) is 0 Å². The summed E-state index contributed by atoms with van der Waals surface area (Å²) >= 11 is 0. The van der Waals surface area contributed by atoms with Gasteiger partial charge in [-0.15, -0.1) is 0 Å². The maximum Gasteiger partial charge on any atom is 0.250 e. The van der Waals surface area contributed by atoms with E-state index in [1.165, 1.54) is 12.3 Å². The maximum atomic E-state index is 10.7. The van der Waals surface area contributed by atoms with E-state index >= 15 is 0 Å². The molecule has 13 heavy (non-hydrogen) atoms. The number of aromatic nitrogens is 1. The maximum absolute atomic E-state index is 10.7. The summed E-state index contributed by atoms with van der Waals surface area (Å²) in [6.45, 7) is 0. The first-order valence-corrected chi connectivity index (χ1v) is 3.75. The number of hydrogen-bond donors (Lipinski definition) is 2. The summed E-state index contributed by atoms with van der Waals surface area (Å²) in [4.78, 5) is 16.5. The van der Waals surface area contributed by atoms with E-state index in [0.717, 1.165) is 0 Å². The average Bonchev–Trinajstić information content (AvgIpc) is 2.03. The largest absolute Gasteiger partial charge is 0.396 e. The SMILES string of the molecule is CN(C)c1ncc(C(N)=O)cc1N. The van der Waals surface area contributed by atoms with Crippen LogP contribution in [0.25, 0.3) is 0 Å². The molecule has 5 heteroatoms. The van der Waals surface area contributed by atoms with Crippen LogP contribution in [0.1, 0.15) is 10.4 Å². The highest BCUT2D eigenvalue weighted by molar-refractivity contribution is 5.94. The fourth-order valence-corrected chi connectivity index (χ4v) is 0.983. The summed E-state index contributed by atoms with van der Waals surface area (Å²) in [7, 11) is 3.64. The van der Waals surface area contributed by atoms with E-state index in [-0.39, 0.29) is 0 Å². The van der Waals surface area contributed by atoms with E-state index < -0.39 is 5.91 Å². The van der Waals surface area contributed by atoms with Crippen molar-refractivity contribution in [2.75, 3.05) is 24.7 Å². The van der Waals surface area contributed by atoms with Crippen LogP contribution < -0.4 is 16.4 Å². The molecule has 1 aromatic heterocycles. The number of nitrogens with zero attached hydrogens (tertiary/aromatic N) is 2. The number of nitrogens with two attached hydrogens (primary N) is 2. The van der Waals surface area contributed by atoms with Gasteiger partial charge < -0.3 is 16.4 Å². The second-order valence-corrected chi connectivity index (χ2v) is 2.90. The summed E-state index contributed by atoms with van der Waals surface area (Å²) in [5.74, 6) is 0.106. The number of amides is 1. The van der Waals surface area contributed by atoms with Gasteiger partial charge in [0.2, 0.25) is 5.91 Å². The molecular weight excluding hydrogens is 168 g/mol. The van der Waals surface area contributed by atoms with Crippen LogP contribution in [0.4, 0.5) is 11.5 Å². The highest BCUT2D eigenvalue weighted by atomic mass is 16.1. The van der Waals surface area contributed by atoms with Crippen molar-refractivity contribution >= 4 is 17.4 Å². The van der Waals surface area contributed by atoms with E-state index in [1.807, 2.05) is 14.1 Å². The Labute approximate surface area is 76.3 Å². The van der Waals surface area contributed by atoms with Gasteiger partial charge >= 0.3 is 0 Å². The Bertz CT molecular complexity index is 335. The van der Waals surface area contributed by atoms with Gasteiger partial charge in [0, 0.05) is 20.3 Å². The molecule has 0 spiro atoms. The lowest BCUT2D eigenvalue weighted by Crippen LogP contribution is -2.16. The van der Waals surface area contributed by atoms with Gasteiger partial charge in [-0.3, -0.25) is 4.79 Å². The van der Waals surface area contributed by atoms with Crippen LogP contribution in [0.15, 0.2) is 12.3 Å². The zero-order chi connectivity index (χ0) is 10.0. The normalized spacial score (nSPS) is 9.69. The van der Waals surface area contributed by atoms with Gasteiger partial charge in [-0.1, -0.05) is 0 Å². The number of nitrogen functional groups attached to an aromatic ring is 1. The van der Waals surface area contributed by atoms with Crippen LogP contribution in [0.2, 0.25) is 0 Å². The molecule has 70 valence electrons. The lowest BCUT2D eigenvalue weighted by atomic mass is 10.2. The van der Waals surface area contributed by atoms with Crippen molar-refractivity contribution in [1.29, 1.82) is 0 Å². The van der Waals surface area contributed by atoms with Gasteiger partial charge in [-0.25, -0.2) is 4.98 Å². The molecule has 0 fully saturated rings. The van der Waals surface area contributed by atoms with Crippen molar-refractivity contribution in [3.8, 4) is 0 Å². The van der Waals surface area contributed by atoms with Gasteiger partial charge in [-0.2, -0.15) is 0 Å². The first-order valence-electron chi connectivity index (χ1n) is 3.75. The molecule has 1 amide bonds. The minimum atomic E-state index is -0.524. The Morgan fingerprint density at radius 3 is 2.54 bits per heavy atom. The molecule has 0 unspecified atom stereocenters. The van der Waals surface area contributed by atoms with Gasteiger partial charge in [0.25, 0.3) is 0 Å². The topological polar surface area (TPSA) is 85.2 Å². The first-order chi connectivity index (χ1) is 6.02. The monoisotopic (exact) mass is 180 g/mol. The standard InChI is InChI=1S/C8H12N4O/c1-12(2)8-6(9)3-5(4-11-8)7(10)13/h3-4H,9H2,1-2H3,(H2,10,13). The number of carbonyl (C=O) groups is 1. The zero-order valence-corrected chi connectivity index (χ0v) is 7.61. The molecule has 0 aromatic carbocycles. The zero-order valence-electron chi connectivity index (χ0n) is 7.61. The van der Waals surface area contributed by atoms with Crippen molar-refractivity contribution < 1.29 is 4.79 Å². The highest BCUT2D eigenvalue weighted by Crippen LogP contribution is 2.18. The molecule has 0 aliphatic rings. The summed E-state index contributed by atoms with van der Waals surface area (Å²) in [6, 6.07) is 1.52. The molecule has 0 radical (unpaired) electrons. The molecule has 0 atom stereocenters. The Balaban J connectivity index is 3.13. The molecule has 0 bridgehead atoms. The summed E-state index contributed by atoms with van der Waals surface area (Å²) in [6.07, 6.45) is 1.41. The van der Waals surface area contributed by atoms with E-state index in [9.17, 15) is 4.79 Å². The van der Waals surface area contributed by atoms with Gasteiger partial charge in [0.05, 0.1) is 11.3 Å². The van der Waals surface area contributed by atoms with Crippen molar-refractivity contribution in [3.05, 3.63) is 17.8 Å². The van der Waals surface area contributed by atoms with Crippen LogP contribution in [0, 0.1) is 0 Å². The summed E-state index contributed by atoms with van der Waals surface area (Å²) < 4.78 is 0. The molecule has 5 nitrogen and oxygen atoms in total. The third-order valence-electron chi connectivity index (χ3n) is 1.60. The lowest BCUT2D eigenvalue weighted by Gasteiger charge is -2.13. The Hall–Kier alpha value is -1.78. The smallest absolute Gasteiger partial charge is 0.250 e. The number of pyridine rings is 1. The second kappa shape index (κ2) is 3.30. The van der Waals surface area contributed by atoms with E-state index in [1.54, 1.807) is 4.90 Å². The Kier molecular flexibility index (Phi) is 2.36. The minimum Gasteiger partial charge on any atom is -0.396 e. The minimum absolute atomic E-state index is 0.322. The molecule has 0 aliphatic heterocycles. The molecule has 0 saturated heterocycles. The van der Waals surface area contributed by atoms with Crippen LogP contribution in [-0.4, -0.2) is 25.0 Å². The Morgan fingerprint density at radius 1 is 1.54 bits per heavy atom. The van der Waals surface area contributed by atoms with Gasteiger partial charge in [0.15, 0.2) is 5.82 Å². The second-order valence-electron chi connectivity index (χ2n) is 2.90. The van der Waals surface area contributed by atoms with E-state index in [2.05, 4.69) is 4.98 Å². The summed E-state index contributed by atoms with van der Waals surface area (Å²) in [5, 5.41) is 0. The predicted molar refractivity (Wildman–Crippen MR) is 51.5 cm³/mol. The van der Waals surface area contributed by atoms with Crippen molar-refractivity contribution in [3.63, 3.8) is 0 Å². The fraction of sp³-hybridized carbons (Fsp3) is 0.250. The third-order valence-corrected chi connectivity index (χ3v) is 1.60. The molecule has 0 saturated carbocycles. The molecule has 0 aliphatic carbocycles. The third kappa shape index (κ3) is 1.87. The predicted octanol–water partition coefficient (Wildman–Crippen LogP) is -0.171. The number of rotatable bonds is 2. The molecule has 1 heterocycles. The number of anilines is 2. The van der Waals surface area contributed by atoms with E-state index in [4.69, 9.17) is 11.5 Å². The number of hydrogen-bond acceptors (Lipinski definition) is 4. The van der Waals surface area contributed by atoms with Crippen molar-refractivity contribution in [2.45, 2.75) is 0 Å². The molecular formula is C8H12N4O. The molecule has 4 N–H and O–H groups in total. The van der Waals surface area contributed by atoms with Crippen molar-refractivity contribution in [2.24, 2.45) is 5.73 Å². The number of carbonyl (C=O) groups excluding carboxylic acids is 1. The highest BCUT2D eigenvalue weighted by Gasteiger charge is 2.06. The van der Waals surface area contributed by atoms with Gasteiger partial charge in [-0.05, 0) is 6.07 Å². The quantitative estimate of drug-likeness (QED) is 0.661. The lowest BCUT2D eigenvalue weighted by molar-refractivity contribution is 0.1000. The first kappa shape index (κ1) is 9.31. The molecule has 1 aromatic rings. The van der Waals surface area contributed by atoms with E-state index in [0.29, 0.717) is 17.1 Å². The number of primary amides is 1. The van der Waals surface area contributed by atoms with Crippen LogP contribution >= 0.6 is 0 Å². The van der Waals surface area contributed by atoms with Crippen LogP contribution in [-0.2, 0) is 0 Å². The Morgan fingerprint density at radius 2 is 2.15 bits per heavy atom. The van der Waals surface area contributed by atoms with Crippen molar-refractivity contribution in [1.82, 2.24) is 4.98 Å². The average molecular weight is 180 g/mol. The fourth-order valence-electron chi connectivity index (χ4n) is 0.983. The van der Waals surface area contributed by atoms with Gasteiger partial charge in [0.1, 0.15) is 0 Å². The van der Waals surface area contributed by atoms with Crippen LogP contribution in [0.3, 0.4) is 0 Å².